The highest BCUT2D eigenvalue weighted by Crippen LogP contribution is 2.25. The van der Waals surface area contributed by atoms with Gasteiger partial charge in [0.15, 0.2) is 0 Å². The van der Waals surface area contributed by atoms with Gasteiger partial charge in [-0.15, -0.1) is 11.3 Å². The van der Waals surface area contributed by atoms with Gasteiger partial charge in [0.25, 0.3) is 0 Å². The predicted octanol–water partition coefficient (Wildman–Crippen LogP) is 4.63. The first-order valence-corrected chi connectivity index (χ1v) is 8.26. The second kappa shape index (κ2) is 6.85. The average Bonchev–Trinajstić information content (AvgIpc) is 2.77. The van der Waals surface area contributed by atoms with Crippen molar-refractivity contribution in [2.24, 2.45) is 11.7 Å². The summed E-state index contributed by atoms with van der Waals surface area (Å²) in [4.78, 5) is 1.40. The number of hydrogen-bond acceptors (Lipinski definition) is 2. The molecular formula is C14H15Br2NS. The summed E-state index contributed by atoms with van der Waals surface area (Å²) in [6, 6.07) is 12.8. The van der Waals surface area contributed by atoms with Gasteiger partial charge >= 0.3 is 0 Å². The molecule has 1 aromatic carbocycles. The molecule has 18 heavy (non-hydrogen) atoms. The van der Waals surface area contributed by atoms with Crippen LogP contribution < -0.4 is 5.73 Å². The summed E-state index contributed by atoms with van der Waals surface area (Å²) >= 11 is 8.76. The predicted molar refractivity (Wildman–Crippen MR) is 86.1 cm³/mol. The number of rotatable bonds is 5. The van der Waals surface area contributed by atoms with Crippen molar-refractivity contribution in [2.75, 3.05) is 6.54 Å². The van der Waals surface area contributed by atoms with Crippen molar-refractivity contribution in [3.8, 4) is 0 Å². The van der Waals surface area contributed by atoms with Crippen LogP contribution in [0.15, 0.2) is 44.7 Å². The molecule has 0 spiro atoms. The molecule has 1 aromatic heterocycles. The van der Waals surface area contributed by atoms with Crippen LogP contribution in [0, 0.1) is 5.92 Å². The van der Waals surface area contributed by atoms with Crippen molar-refractivity contribution >= 4 is 43.2 Å². The third kappa shape index (κ3) is 4.19. The van der Waals surface area contributed by atoms with Gasteiger partial charge in [0.05, 0.1) is 3.79 Å². The highest BCUT2D eigenvalue weighted by atomic mass is 79.9. The quantitative estimate of drug-likeness (QED) is 0.793. The molecule has 0 saturated carbocycles. The fourth-order valence-corrected chi connectivity index (χ4v) is 3.80. The topological polar surface area (TPSA) is 26.0 Å². The molecule has 0 amide bonds. The maximum Gasteiger partial charge on any atom is 0.0701 e. The lowest BCUT2D eigenvalue weighted by molar-refractivity contribution is 0.537. The van der Waals surface area contributed by atoms with Gasteiger partial charge in [0.1, 0.15) is 0 Å². The first-order chi connectivity index (χ1) is 8.67. The summed E-state index contributed by atoms with van der Waals surface area (Å²) in [5.74, 6) is 0.511. The first-order valence-electron chi connectivity index (χ1n) is 5.86. The number of halogens is 2. The number of thiophene rings is 1. The molecular weight excluding hydrogens is 374 g/mol. The van der Waals surface area contributed by atoms with Crippen LogP contribution in [0.2, 0.25) is 0 Å². The summed E-state index contributed by atoms with van der Waals surface area (Å²) < 4.78 is 2.31. The lowest BCUT2D eigenvalue weighted by atomic mass is 9.96. The van der Waals surface area contributed by atoms with Crippen molar-refractivity contribution in [3.63, 3.8) is 0 Å². The van der Waals surface area contributed by atoms with Crippen LogP contribution in [0.4, 0.5) is 0 Å². The van der Waals surface area contributed by atoms with E-state index in [1.165, 1.54) is 14.2 Å². The molecule has 4 heteroatoms. The smallest absolute Gasteiger partial charge is 0.0701 e. The van der Waals surface area contributed by atoms with E-state index in [1.807, 2.05) is 0 Å². The van der Waals surface area contributed by atoms with Gasteiger partial charge < -0.3 is 5.73 Å². The van der Waals surface area contributed by atoms with Crippen LogP contribution in [0.5, 0.6) is 0 Å². The van der Waals surface area contributed by atoms with Gasteiger partial charge in [-0.1, -0.05) is 28.1 Å². The van der Waals surface area contributed by atoms with Crippen LogP contribution in [-0.2, 0) is 12.8 Å². The third-order valence-corrected chi connectivity index (χ3v) is 5.06. The minimum Gasteiger partial charge on any atom is -0.330 e. The normalized spacial score (nSPS) is 12.6. The summed E-state index contributed by atoms with van der Waals surface area (Å²) in [5.41, 5.74) is 7.24. The Kier molecular flexibility index (Phi) is 5.42. The summed E-state index contributed by atoms with van der Waals surface area (Å²) in [6.07, 6.45) is 2.10. The molecule has 1 nitrogen and oxygen atoms in total. The lowest BCUT2D eigenvalue weighted by Gasteiger charge is -2.13. The van der Waals surface area contributed by atoms with Gasteiger partial charge in [-0.25, -0.2) is 0 Å². The van der Waals surface area contributed by atoms with Crippen LogP contribution >= 0.6 is 43.2 Å². The Bertz CT molecular complexity index is 493. The van der Waals surface area contributed by atoms with Crippen LogP contribution in [0.3, 0.4) is 0 Å². The van der Waals surface area contributed by atoms with Crippen molar-refractivity contribution < 1.29 is 0 Å². The fraction of sp³-hybridized carbons (Fsp3) is 0.286. The van der Waals surface area contributed by atoms with Gasteiger partial charge in [-0.3, -0.25) is 0 Å². The van der Waals surface area contributed by atoms with Crippen LogP contribution in [0.25, 0.3) is 0 Å². The molecule has 0 bridgehead atoms. The molecule has 0 fully saturated rings. The highest BCUT2D eigenvalue weighted by molar-refractivity contribution is 9.11. The maximum absolute atomic E-state index is 5.89. The van der Waals surface area contributed by atoms with E-state index < -0.39 is 0 Å². The van der Waals surface area contributed by atoms with E-state index in [-0.39, 0.29) is 0 Å². The van der Waals surface area contributed by atoms with E-state index >= 15 is 0 Å². The Balaban J connectivity index is 1.99. The molecule has 1 unspecified atom stereocenters. The molecule has 1 atom stereocenters. The van der Waals surface area contributed by atoms with E-state index in [1.54, 1.807) is 11.3 Å². The number of nitrogens with two attached hydrogens (primary N) is 1. The van der Waals surface area contributed by atoms with E-state index in [4.69, 9.17) is 5.73 Å². The molecule has 96 valence electrons. The van der Waals surface area contributed by atoms with Gasteiger partial charge in [-0.05, 0) is 71.1 Å². The van der Waals surface area contributed by atoms with Crippen molar-refractivity contribution in [1.82, 2.24) is 0 Å². The Morgan fingerprint density at radius 1 is 1.00 bits per heavy atom. The third-order valence-electron chi connectivity index (χ3n) is 2.89. The zero-order chi connectivity index (χ0) is 13.0. The molecule has 0 saturated heterocycles. The SMILES string of the molecule is NCC(Cc1ccc(Br)cc1)Cc1ccc(Br)s1. The van der Waals surface area contributed by atoms with Crippen LogP contribution in [-0.4, -0.2) is 6.54 Å². The molecule has 0 radical (unpaired) electrons. The maximum atomic E-state index is 5.89. The number of hydrogen-bond donors (Lipinski definition) is 1. The Hall–Kier alpha value is -0.160. The minimum absolute atomic E-state index is 0.511. The standard InChI is InChI=1S/C14H15Br2NS/c15-12-3-1-10(2-4-12)7-11(9-17)8-13-5-6-14(16)18-13/h1-6,11H,7-9,17H2. The van der Waals surface area contributed by atoms with Crippen LogP contribution in [0.1, 0.15) is 10.4 Å². The highest BCUT2D eigenvalue weighted by Gasteiger charge is 2.10. The van der Waals surface area contributed by atoms with E-state index in [0.29, 0.717) is 5.92 Å². The second-order valence-electron chi connectivity index (χ2n) is 4.34. The monoisotopic (exact) mass is 387 g/mol. The second-order valence-corrected chi connectivity index (χ2v) is 7.81. The average molecular weight is 389 g/mol. The molecule has 2 rings (SSSR count). The lowest BCUT2D eigenvalue weighted by Crippen LogP contribution is -2.18. The molecule has 0 aliphatic rings. The molecule has 1 heterocycles. The van der Waals surface area contributed by atoms with E-state index in [0.717, 1.165) is 23.9 Å². The molecule has 2 N–H and O–H groups in total. The Labute approximate surface area is 129 Å². The minimum atomic E-state index is 0.511. The summed E-state index contributed by atoms with van der Waals surface area (Å²) in [6.45, 7) is 0.728. The Morgan fingerprint density at radius 3 is 2.28 bits per heavy atom. The van der Waals surface area contributed by atoms with Gasteiger partial charge in [0.2, 0.25) is 0 Å². The zero-order valence-corrected chi connectivity index (χ0v) is 13.9. The molecule has 0 aliphatic heterocycles. The number of benzene rings is 1. The zero-order valence-electron chi connectivity index (χ0n) is 9.90. The van der Waals surface area contributed by atoms with Gasteiger partial charge in [-0.2, -0.15) is 0 Å². The van der Waals surface area contributed by atoms with Crippen molar-refractivity contribution in [2.45, 2.75) is 12.8 Å². The van der Waals surface area contributed by atoms with Gasteiger partial charge in [0, 0.05) is 9.35 Å². The fourth-order valence-electron chi connectivity index (χ4n) is 1.94. The summed E-state index contributed by atoms with van der Waals surface area (Å²) in [5, 5.41) is 0. The van der Waals surface area contributed by atoms with Crippen molar-refractivity contribution in [1.29, 1.82) is 0 Å². The van der Waals surface area contributed by atoms with E-state index in [9.17, 15) is 0 Å². The summed E-state index contributed by atoms with van der Waals surface area (Å²) in [7, 11) is 0. The molecule has 2 aromatic rings. The van der Waals surface area contributed by atoms with Crippen molar-refractivity contribution in [3.05, 3.63) is 55.1 Å². The van der Waals surface area contributed by atoms with E-state index in [2.05, 4.69) is 68.3 Å². The first kappa shape index (κ1) is 14.3. The Morgan fingerprint density at radius 2 is 1.72 bits per heavy atom. The largest absolute Gasteiger partial charge is 0.330 e. The molecule has 0 aliphatic carbocycles.